The smallest absolute Gasteiger partial charge is 0.333 e. The first-order valence-corrected chi connectivity index (χ1v) is 7.64. The average Bonchev–Trinajstić information content (AvgIpc) is 3.22. The predicted molar refractivity (Wildman–Crippen MR) is 84.8 cm³/mol. The maximum Gasteiger partial charge on any atom is 0.333 e. The minimum atomic E-state index is -0.539. The molecule has 0 amide bonds. The Hall–Kier alpha value is -3.30. The van der Waals surface area contributed by atoms with Crippen LogP contribution in [0.2, 0.25) is 0 Å². The second-order valence-electron chi connectivity index (χ2n) is 5.76. The first-order valence-electron chi connectivity index (χ1n) is 7.64. The number of aromatic nitrogens is 4. The van der Waals surface area contributed by atoms with Crippen LogP contribution >= 0.6 is 0 Å². The third kappa shape index (κ3) is 2.51. The number of hydrogen-bond acceptors (Lipinski definition) is 7. The van der Waals surface area contributed by atoms with Crippen molar-refractivity contribution in [3.05, 3.63) is 52.2 Å². The van der Waals surface area contributed by atoms with Gasteiger partial charge >= 0.3 is 5.69 Å². The molecule has 1 aliphatic heterocycles. The lowest BCUT2D eigenvalue weighted by Gasteiger charge is -2.26. The third-order valence-electron chi connectivity index (χ3n) is 4.30. The zero-order chi connectivity index (χ0) is 17.6. The molecule has 0 bridgehead atoms. The number of nitro groups is 1. The summed E-state index contributed by atoms with van der Waals surface area (Å²) in [6.07, 6.45) is 5.19. The molecule has 0 aliphatic carbocycles. The maximum atomic E-state index is 13.5. The summed E-state index contributed by atoms with van der Waals surface area (Å²) in [5.74, 6) is -0.258. The summed E-state index contributed by atoms with van der Waals surface area (Å²) in [7, 11) is 0. The molecule has 128 valence electrons. The van der Waals surface area contributed by atoms with Crippen LogP contribution in [0, 0.1) is 15.9 Å². The number of nitrogens with zero attached hydrogens (tertiary/aromatic N) is 6. The highest BCUT2D eigenvalue weighted by molar-refractivity contribution is 5.61. The van der Waals surface area contributed by atoms with Gasteiger partial charge in [-0.25, -0.2) is 18.9 Å². The van der Waals surface area contributed by atoms with E-state index in [1.54, 1.807) is 12.3 Å². The number of rotatable bonds is 3. The molecule has 9 nitrogen and oxygen atoms in total. The van der Waals surface area contributed by atoms with E-state index in [0.29, 0.717) is 24.3 Å². The Morgan fingerprint density at radius 1 is 1.40 bits per heavy atom. The van der Waals surface area contributed by atoms with Gasteiger partial charge in [-0.15, -0.1) is 0 Å². The zero-order valence-corrected chi connectivity index (χ0v) is 12.9. The van der Waals surface area contributed by atoms with Gasteiger partial charge in [0, 0.05) is 18.3 Å². The molecule has 10 heteroatoms. The summed E-state index contributed by atoms with van der Waals surface area (Å²) in [5, 5.41) is 25.0. The summed E-state index contributed by atoms with van der Waals surface area (Å²) in [6, 6.07) is 2.64. The summed E-state index contributed by atoms with van der Waals surface area (Å²) < 4.78 is 14.9. The predicted octanol–water partition coefficient (Wildman–Crippen LogP) is 2.22. The molecule has 1 atom stereocenters. The van der Waals surface area contributed by atoms with Gasteiger partial charge in [-0.1, -0.05) is 0 Å². The van der Waals surface area contributed by atoms with Crippen LogP contribution in [0.4, 0.5) is 15.9 Å². The van der Waals surface area contributed by atoms with Gasteiger partial charge in [-0.2, -0.15) is 5.10 Å². The van der Waals surface area contributed by atoms with Crippen LogP contribution in [0.5, 0.6) is 5.88 Å². The van der Waals surface area contributed by atoms with Gasteiger partial charge in [0.2, 0.25) is 11.5 Å². The van der Waals surface area contributed by atoms with Crippen molar-refractivity contribution < 1.29 is 14.4 Å². The standard InChI is InChI=1S/C15H13FN6O3/c16-9-6-10(15(23)17-7-9)11-2-1-4-20(11)13-3-5-21-14(19-13)12(8-18-21)22(24)25/h3,5-8,11H,1-2,4H2,(H,17,23). The van der Waals surface area contributed by atoms with Gasteiger partial charge in [0.05, 0.1) is 17.2 Å². The second-order valence-corrected chi connectivity index (χ2v) is 5.76. The lowest BCUT2D eigenvalue weighted by atomic mass is 10.1. The minimum absolute atomic E-state index is 0.134. The number of pyridine rings is 1. The van der Waals surface area contributed by atoms with Crippen molar-refractivity contribution in [2.24, 2.45) is 0 Å². The molecule has 3 aromatic rings. The number of hydrogen-bond donors (Lipinski definition) is 1. The van der Waals surface area contributed by atoms with Crippen LogP contribution in [-0.2, 0) is 0 Å². The van der Waals surface area contributed by atoms with Crippen LogP contribution in [0.15, 0.2) is 30.7 Å². The summed E-state index contributed by atoms with van der Waals surface area (Å²) in [4.78, 5) is 20.5. The maximum absolute atomic E-state index is 13.5. The normalized spacial score (nSPS) is 17.3. The highest BCUT2D eigenvalue weighted by Gasteiger charge is 2.31. The zero-order valence-electron chi connectivity index (χ0n) is 12.9. The Morgan fingerprint density at radius 3 is 3.04 bits per heavy atom. The van der Waals surface area contributed by atoms with E-state index >= 15 is 0 Å². The van der Waals surface area contributed by atoms with Gasteiger partial charge < -0.3 is 10.0 Å². The Labute approximate surface area is 140 Å². The van der Waals surface area contributed by atoms with Crippen molar-refractivity contribution in [2.45, 2.75) is 18.9 Å². The van der Waals surface area contributed by atoms with Gasteiger partial charge in [0.15, 0.2) is 0 Å². The fourth-order valence-electron chi connectivity index (χ4n) is 3.19. The number of anilines is 1. The summed E-state index contributed by atoms with van der Waals surface area (Å²) in [5.41, 5.74) is 0.324. The summed E-state index contributed by atoms with van der Waals surface area (Å²) in [6.45, 7) is 0.631. The van der Waals surface area contributed by atoms with Crippen LogP contribution < -0.4 is 4.90 Å². The molecule has 3 aromatic heterocycles. The van der Waals surface area contributed by atoms with Crippen LogP contribution in [-0.4, -0.2) is 36.2 Å². The van der Waals surface area contributed by atoms with E-state index in [0.717, 1.165) is 18.8 Å². The Bertz CT molecular complexity index is 975. The van der Waals surface area contributed by atoms with E-state index in [1.807, 2.05) is 4.90 Å². The van der Waals surface area contributed by atoms with E-state index in [9.17, 15) is 19.6 Å². The lowest BCUT2D eigenvalue weighted by molar-refractivity contribution is -0.383. The van der Waals surface area contributed by atoms with Crippen molar-refractivity contribution in [1.82, 2.24) is 19.6 Å². The minimum Gasteiger partial charge on any atom is -0.493 e. The quantitative estimate of drug-likeness (QED) is 0.573. The van der Waals surface area contributed by atoms with Crippen molar-refractivity contribution >= 4 is 17.2 Å². The molecule has 25 heavy (non-hydrogen) atoms. The van der Waals surface area contributed by atoms with Crippen molar-refractivity contribution in [3.63, 3.8) is 0 Å². The average molecular weight is 344 g/mol. The van der Waals surface area contributed by atoms with Gasteiger partial charge in [-0.05, 0) is 25.0 Å². The first kappa shape index (κ1) is 15.2. The molecule has 1 unspecified atom stereocenters. The Kier molecular flexibility index (Phi) is 3.45. The van der Waals surface area contributed by atoms with E-state index in [1.165, 1.54) is 10.6 Å². The molecule has 1 aliphatic rings. The molecule has 1 saturated heterocycles. The van der Waals surface area contributed by atoms with Gasteiger partial charge in [0.25, 0.3) is 0 Å². The first-order chi connectivity index (χ1) is 12.0. The largest absolute Gasteiger partial charge is 0.493 e. The fraction of sp³-hybridized carbons (Fsp3) is 0.267. The Balaban J connectivity index is 1.77. The molecule has 0 aromatic carbocycles. The van der Waals surface area contributed by atoms with Crippen LogP contribution in [0.3, 0.4) is 0 Å². The third-order valence-corrected chi connectivity index (χ3v) is 4.30. The van der Waals surface area contributed by atoms with Gasteiger partial charge in [0.1, 0.15) is 17.8 Å². The fourth-order valence-corrected chi connectivity index (χ4v) is 3.19. The van der Waals surface area contributed by atoms with Crippen LogP contribution in [0.1, 0.15) is 24.4 Å². The molecule has 1 fully saturated rings. The van der Waals surface area contributed by atoms with Crippen molar-refractivity contribution in [3.8, 4) is 5.88 Å². The highest BCUT2D eigenvalue weighted by atomic mass is 19.1. The molecule has 4 heterocycles. The summed E-state index contributed by atoms with van der Waals surface area (Å²) >= 11 is 0. The van der Waals surface area contributed by atoms with Crippen molar-refractivity contribution in [2.75, 3.05) is 11.4 Å². The van der Waals surface area contributed by atoms with Crippen LogP contribution in [0.25, 0.3) is 5.65 Å². The monoisotopic (exact) mass is 344 g/mol. The number of halogens is 1. The topological polar surface area (TPSA) is 110 Å². The van der Waals surface area contributed by atoms with Gasteiger partial charge in [-0.3, -0.25) is 10.1 Å². The molecule has 1 N–H and O–H groups in total. The van der Waals surface area contributed by atoms with E-state index in [-0.39, 0.29) is 23.3 Å². The number of aromatic hydroxyl groups is 1. The highest BCUT2D eigenvalue weighted by Crippen LogP contribution is 2.38. The lowest BCUT2D eigenvalue weighted by Crippen LogP contribution is -2.24. The Morgan fingerprint density at radius 2 is 2.24 bits per heavy atom. The molecule has 0 saturated carbocycles. The molecule has 0 radical (unpaired) electrons. The second kappa shape index (κ2) is 5.65. The molecular weight excluding hydrogens is 331 g/mol. The van der Waals surface area contributed by atoms with E-state index in [4.69, 9.17) is 0 Å². The molecule has 0 spiro atoms. The van der Waals surface area contributed by atoms with E-state index < -0.39 is 10.7 Å². The molecule has 4 rings (SSSR count). The van der Waals surface area contributed by atoms with E-state index in [2.05, 4.69) is 15.1 Å². The van der Waals surface area contributed by atoms with Crippen molar-refractivity contribution in [1.29, 1.82) is 0 Å². The number of fused-ring (bicyclic) bond motifs is 1. The molecular formula is C15H13FN6O3. The SMILES string of the molecule is O=[N+]([O-])c1cnn2ccc(N3CCCC3c3cc(F)cnc3O)nc12.